The van der Waals surface area contributed by atoms with E-state index in [1.807, 2.05) is 22.7 Å². The molecule has 18 heavy (non-hydrogen) atoms. The molecule has 1 fully saturated rings. The van der Waals surface area contributed by atoms with Crippen LogP contribution in [-0.4, -0.2) is 39.1 Å². The van der Waals surface area contributed by atoms with Crippen LogP contribution in [0.2, 0.25) is 0 Å². The second-order valence-corrected chi connectivity index (χ2v) is 5.14. The molecular weight excluding hydrogens is 226 g/mol. The smallest absolute Gasteiger partial charge is 0.162 e. The molecule has 1 atom stereocenters. The largest absolute Gasteiger partial charge is 0.399 e. The molecule has 5 heteroatoms. The van der Waals surface area contributed by atoms with Gasteiger partial charge in [-0.15, -0.1) is 10.2 Å². The number of nitrogens with two attached hydrogens (primary N) is 1. The summed E-state index contributed by atoms with van der Waals surface area (Å²) < 4.78 is 2.04. The van der Waals surface area contributed by atoms with Gasteiger partial charge in [-0.25, -0.2) is 0 Å². The van der Waals surface area contributed by atoms with E-state index in [-0.39, 0.29) is 0 Å². The molecule has 2 N–H and O–H groups in total. The van der Waals surface area contributed by atoms with Crippen molar-refractivity contribution in [2.24, 2.45) is 0 Å². The summed E-state index contributed by atoms with van der Waals surface area (Å²) in [7, 11) is 2.20. The SMILES string of the molecule is CN1CCCCC1Cc1nnc2cc(N)ccn12. The van der Waals surface area contributed by atoms with Crippen molar-refractivity contribution in [1.29, 1.82) is 0 Å². The lowest BCUT2D eigenvalue weighted by atomic mass is 10.00. The Morgan fingerprint density at radius 2 is 2.28 bits per heavy atom. The first-order valence-corrected chi connectivity index (χ1v) is 6.53. The summed E-state index contributed by atoms with van der Waals surface area (Å²) in [5.74, 6) is 1.03. The van der Waals surface area contributed by atoms with Gasteiger partial charge in [0.15, 0.2) is 5.65 Å². The van der Waals surface area contributed by atoms with Gasteiger partial charge in [0.05, 0.1) is 0 Å². The minimum absolute atomic E-state index is 0.587. The highest BCUT2D eigenvalue weighted by atomic mass is 15.3. The van der Waals surface area contributed by atoms with E-state index in [1.54, 1.807) is 0 Å². The maximum Gasteiger partial charge on any atom is 0.162 e. The van der Waals surface area contributed by atoms with Gasteiger partial charge < -0.3 is 10.6 Å². The Bertz CT molecular complexity index is 547. The number of anilines is 1. The van der Waals surface area contributed by atoms with Crippen molar-refractivity contribution in [3.63, 3.8) is 0 Å². The molecule has 1 aliphatic heterocycles. The first kappa shape index (κ1) is 11.5. The summed E-state index contributed by atoms with van der Waals surface area (Å²) in [6, 6.07) is 4.34. The third kappa shape index (κ3) is 2.06. The van der Waals surface area contributed by atoms with Crippen molar-refractivity contribution < 1.29 is 0 Å². The van der Waals surface area contributed by atoms with Crippen molar-refractivity contribution in [2.75, 3.05) is 19.3 Å². The molecule has 0 amide bonds. The van der Waals surface area contributed by atoms with Crippen molar-refractivity contribution in [1.82, 2.24) is 19.5 Å². The van der Waals surface area contributed by atoms with Gasteiger partial charge in [-0.2, -0.15) is 0 Å². The third-order valence-corrected chi connectivity index (χ3v) is 3.84. The molecule has 5 nitrogen and oxygen atoms in total. The van der Waals surface area contributed by atoms with Crippen LogP contribution < -0.4 is 5.73 Å². The number of hydrogen-bond donors (Lipinski definition) is 1. The first-order chi connectivity index (χ1) is 8.74. The van der Waals surface area contributed by atoms with Crippen molar-refractivity contribution >= 4 is 11.3 Å². The Balaban J connectivity index is 1.86. The van der Waals surface area contributed by atoms with Gasteiger partial charge in [0.2, 0.25) is 0 Å². The van der Waals surface area contributed by atoms with Crippen molar-refractivity contribution in [3.8, 4) is 0 Å². The van der Waals surface area contributed by atoms with Gasteiger partial charge in [-0.3, -0.25) is 4.40 Å². The van der Waals surface area contributed by atoms with Gasteiger partial charge in [-0.1, -0.05) is 6.42 Å². The Morgan fingerprint density at radius 1 is 1.39 bits per heavy atom. The van der Waals surface area contributed by atoms with Crippen LogP contribution in [-0.2, 0) is 6.42 Å². The molecule has 96 valence electrons. The Kier molecular flexibility index (Phi) is 2.91. The second kappa shape index (κ2) is 4.57. The zero-order valence-electron chi connectivity index (χ0n) is 10.7. The molecule has 0 aliphatic carbocycles. The van der Waals surface area contributed by atoms with Crippen LogP contribution in [0, 0.1) is 0 Å². The lowest BCUT2D eigenvalue weighted by molar-refractivity contribution is 0.182. The van der Waals surface area contributed by atoms with Gasteiger partial charge >= 0.3 is 0 Å². The van der Waals surface area contributed by atoms with E-state index in [0.717, 1.165) is 23.6 Å². The van der Waals surface area contributed by atoms with Crippen LogP contribution in [0.4, 0.5) is 5.69 Å². The van der Waals surface area contributed by atoms with Crippen LogP contribution >= 0.6 is 0 Å². The van der Waals surface area contributed by atoms with E-state index in [4.69, 9.17) is 5.73 Å². The van der Waals surface area contributed by atoms with Crippen LogP contribution in [0.5, 0.6) is 0 Å². The van der Waals surface area contributed by atoms with Gasteiger partial charge in [0.25, 0.3) is 0 Å². The Hall–Kier alpha value is -1.62. The van der Waals surface area contributed by atoms with Crippen LogP contribution in [0.3, 0.4) is 0 Å². The standard InChI is InChI=1S/C13H19N5/c1-17-6-3-2-4-11(17)9-13-16-15-12-8-10(14)5-7-18(12)13/h5,7-8,11H,2-4,6,9,14H2,1H3. The van der Waals surface area contributed by atoms with Gasteiger partial charge in [-0.05, 0) is 32.5 Å². The number of nitrogens with zero attached hydrogens (tertiary/aromatic N) is 4. The molecule has 1 unspecified atom stereocenters. The first-order valence-electron chi connectivity index (χ1n) is 6.53. The number of aromatic nitrogens is 3. The molecule has 0 saturated carbocycles. The summed E-state index contributed by atoms with van der Waals surface area (Å²) in [6.07, 6.45) is 6.80. The van der Waals surface area contributed by atoms with Crippen molar-refractivity contribution in [3.05, 3.63) is 24.2 Å². The molecule has 1 aliphatic rings. The minimum atomic E-state index is 0.587. The molecule has 0 spiro atoms. The van der Waals surface area contributed by atoms with E-state index in [2.05, 4.69) is 22.1 Å². The molecule has 2 aromatic rings. The predicted molar refractivity (Wildman–Crippen MR) is 71.4 cm³/mol. The van der Waals surface area contributed by atoms with Crippen LogP contribution in [0.25, 0.3) is 5.65 Å². The lowest BCUT2D eigenvalue weighted by Gasteiger charge is -2.31. The number of pyridine rings is 1. The van der Waals surface area contributed by atoms with E-state index < -0.39 is 0 Å². The van der Waals surface area contributed by atoms with E-state index in [9.17, 15) is 0 Å². The second-order valence-electron chi connectivity index (χ2n) is 5.14. The number of likely N-dealkylation sites (N-methyl/N-ethyl adjacent to an activating group) is 1. The predicted octanol–water partition coefficient (Wildman–Crippen LogP) is 1.34. The molecular formula is C13H19N5. The molecule has 3 heterocycles. The summed E-state index contributed by atoms with van der Waals surface area (Å²) in [6.45, 7) is 1.19. The molecule has 2 aromatic heterocycles. The molecule has 0 bridgehead atoms. The fraction of sp³-hybridized carbons (Fsp3) is 0.538. The maximum atomic E-state index is 5.75. The van der Waals surface area contributed by atoms with Crippen molar-refractivity contribution in [2.45, 2.75) is 31.7 Å². The van der Waals surface area contributed by atoms with Gasteiger partial charge in [0, 0.05) is 30.4 Å². The van der Waals surface area contributed by atoms with Crippen LogP contribution in [0.1, 0.15) is 25.1 Å². The topological polar surface area (TPSA) is 59.5 Å². The van der Waals surface area contributed by atoms with Gasteiger partial charge in [0.1, 0.15) is 5.82 Å². The number of rotatable bonds is 2. The highest BCUT2D eigenvalue weighted by molar-refractivity contribution is 5.51. The minimum Gasteiger partial charge on any atom is -0.399 e. The number of likely N-dealkylation sites (tertiary alicyclic amines) is 1. The Labute approximate surface area is 107 Å². The van der Waals surface area contributed by atoms with E-state index >= 15 is 0 Å². The zero-order valence-corrected chi connectivity index (χ0v) is 10.7. The average Bonchev–Trinajstić information content (AvgIpc) is 2.74. The third-order valence-electron chi connectivity index (χ3n) is 3.84. The fourth-order valence-corrected chi connectivity index (χ4v) is 2.71. The summed E-state index contributed by atoms with van der Waals surface area (Å²) in [5, 5.41) is 8.48. The normalized spacial score (nSPS) is 21.5. The fourth-order valence-electron chi connectivity index (χ4n) is 2.71. The maximum absolute atomic E-state index is 5.75. The van der Waals surface area contributed by atoms with Crippen LogP contribution in [0.15, 0.2) is 18.3 Å². The average molecular weight is 245 g/mol. The summed E-state index contributed by atoms with van der Waals surface area (Å²) in [5.41, 5.74) is 7.32. The summed E-state index contributed by atoms with van der Waals surface area (Å²) >= 11 is 0. The number of hydrogen-bond acceptors (Lipinski definition) is 4. The summed E-state index contributed by atoms with van der Waals surface area (Å²) in [4.78, 5) is 2.43. The van der Waals surface area contributed by atoms with E-state index in [0.29, 0.717) is 6.04 Å². The number of nitrogen functional groups attached to an aromatic ring is 1. The molecule has 0 radical (unpaired) electrons. The molecule has 0 aromatic carbocycles. The Morgan fingerprint density at radius 3 is 3.11 bits per heavy atom. The highest BCUT2D eigenvalue weighted by Crippen LogP contribution is 2.19. The monoisotopic (exact) mass is 245 g/mol. The van der Waals surface area contributed by atoms with E-state index in [1.165, 1.54) is 25.8 Å². The quantitative estimate of drug-likeness (QED) is 0.867. The number of fused-ring (bicyclic) bond motifs is 1. The number of piperidine rings is 1. The zero-order chi connectivity index (χ0) is 12.5. The lowest BCUT2D eigenvalue weighted by Crippen LogP contribution is -2.38. The highest BCUT2D eigenvalue weighted by Gasteiger charge is 2.21. The molecule has 1 saturated heterocycles. The molecule has 3 rings (SSSR count).